The molecule has 1 spiro atoms. The van der Waals surface area contributed by atoms with Crippen LogP contribution in [0.1, 0.15) is 38.5 Å². The van der Waals surface area contributed by atoms with Gasteiger partial charge in [-0.3, -0.25) is 4.90 Å². The minimum absolute atomic E-state index is 0. The predicted octanol–water partition coefficient (Wildman–Crippen LogP) is 2.39. The molecule has 0 aromatic rings. The van der Waals surface area contributed by atoms with Gasteiger partial charge in [-0.05, 0) is 31.2 Å². The monoisotopic (exact) mass is 323 g/mol. The van der Waals surface area contributed by atoms with E-state index in [1.165, 1.54) is 90.9 Å². The molecule has 0 unspecified atom stereocenters. The van der Waals surface area contributed by atoms with Crippen LogP contribution in [0, 0.1) is 5.41 Å². The molecule has 3 rings (SSSR count). The third-order valence-corrected chi connectivity index (χ3v) is 5.37. The summed E-state index contributed by atoms with van der Waals surface area (Å²) >= 11 is 0. The molecule has 0 radical (unpaired) electrons. The Kier molecular flexibility index (Phi) is 8.14. The van der Waals surface area contributed by atoms with Crippen molar-refractivity contribution >= 4 is 24.8 Å². The number of likely N-dealkylation sites (tertiary alicyclic amines) is 1. The first-order valence-corrected chi connectivity index (χ1v) is 8.02. The highest BCUT2D eigenvalue weighted by molar-refractivity contribution is 5.85. The summed E-state index contributed by atoms with van der Waals surface area (Å²) in [6, 6.07) is 0. The maximum absolute atomic E-state index is 3.43. The lowest BCUT2D eigenvalue weighted by Gasteiger charge is -2.34. The predicted molar refractivity (Wildman–Crippen MR) is 90.4 cm³/mol. The Bertz CT molecular complexity index is 264. The van der Waals surface area contributed by atoms with Crippen LogP contribution in [0.4, 0.5) is 0 Å². The summed E-state index contributed by atoms with van der Waals surface area (Å²) in [5.74, 6) is 0. The lowest BCUT2D eigenvalue weighted by Crippen LogP contribution is -2.46. The molecule has 3 aliphatic rings. The zero-order chi connectivity index (χ0) is 12.3. The van der Waals surface area contributed by atoms with Crippen molar-refractivity contribution in [3.8, 4) is 0 Å². The van der Waals surface area contributed by atoms with E-state index < -0.39 is 0 Å². The minimum Gasteiger partial charge on any atom is -0.314 e. The molecule has 3 fully saturated rings. The molecule has 0 amide bonds. The Hall–Kier alpha value is 0.460. The molecule has 5 heteroatoms. The van der Waals surface area contributed by atoms with Crippen LogP contribution in [0.15, 0.2) is 0 Å². The van der Waals surface area contributed by atoms with Gasteiger partial charge in [0.15, 0.2) is 0 Å². The van der Waals surface area contributed by atoms with Crippen molar-refractivity contribution in [3.63, 3.8) is 0 Å². The van der Waals surface area contributed by atoms with Crippen LogP contribution in [0.2, 0.25) is 0 Å². The summed E-state index contributed by atoms with van der Waals surface area (Å²) in [6.07, 6.45) is 8.97. The van der Waals surface area contributed by atoms with Crippen LogP contribution in [0.25, 0.3) is 0 Å². The minimum atomic E-state index is 0. The molecule has 0 bridgehead atoms. The highest BCUT2D eigenvalue weighted by Crippen LogP contribution is 2.43. The number of nitrogens with zero attached hydrogens (tertiary/aromatic N) is 2. The van der Waals surface area contributed by atoms with Crippen molar-refractivity contribution in [1.82, 2.24) is 15.1 Å². The summed E-state index contributed by atoms with van der Waals surface area (Å²) in [5.41, 5.74) is 0.738. The van der Waals surface area contributed by atoms with Crippen molar-refractivity contribution in [2.24, 2.45) is 5.41 Å². The third-order valence-electron chi connectivity index (χ3n) is 5.37. The van der Waals surface area contributed by atoms with E-state index in [4.69, 9.17) is 0 Å². The molecule has 0 atom stereocenters. The summed E-state index contributed by atoms with van der Waals surface area (Å²) in [4.78, 5) is 5.37. The first kappa shape index (κ1) is 18.5. The summed E-state index contributed by atoms with van der Waals surface area (Å²) < 4.78 is 0. The Labute approximate surface area is 136 Å². The fraction of sp³-hybridized carbons (Fsp3) is 1.00. The number of halogens is 2. The Balaban J connectivity index is 0.000001000. The van der Waals surface area contributed by atoms with E-state index in [-0.39, 0.29) is 24.8 Å². The Morgan fingerprint density at radius 3 is 2.10 bits per heavy atom. The zero-order valence-electron chi connectivity index (χ0n) is 12.6. The van der Waals surface area contributed by atoms with E-state index in [1.54, 1.807) is 0 Å². The molecule has 2 heterocycles. The quantitative estimate of drug-likeness (QED) is 0.860. The van der Waals surface area contributed by atoms with E-state index in [0.29, 0.717) is 0 Å². The number of nitrogens with one attached hydrogen (secondary N) is 1. The van der Waals surface area contributed by atoms with Gasteiger partial charge in [0, 0.05) is 45.8 Å². The number of rotatable bonds is 3. The van der Waals surface area contributed by atoms with Crippen molar-refractivity contribution in [1.29, 1.82) is 0 Å². The smallest absolute Gasteiger partial charge is 0.0110 e. The molecule has 1 saturated carbocycles. The molecular weight excluding hydrogens is 293 g/mol. The summed E-state index contributed by atoms with van der Waals surface area (Å²) in [7, 11) is 0. The van der Waals surface area contributed by atoms with Gasteiger partial charge >= 0.3 is 0 Å². The van der Waals surface area contributed by atoms with Gasteiger partial charge in [0.05, 0.1) is 0 Å². The maximum Gasteiger partial charge on any atom is 0.0110 e. The Morgan fingerprint density at radius 2 is 1.40 bits per heavy atom. The molecule has 0 aromatic carbocycles. The topological polar surface area (TPSA) is 18.5 Å². The standard InChI is InChI=1S/C15H29N3.2ClH/c1-2-4-15(5-3-1)6-9-18(14-15)13-12-17-10-7-16-8-11-17;;/h16H,1-14H2;2*1H. The molecule has 2 aliphatic heterocycles. The van der Waals surface area contributed by atoms with Gasteiger partial charge in [0.25, 0.3) is 0 Å². The van der Waals surface area contributed by atoms with Gasteiger partial charge in [-0.15, -0.1) is 24.8 Å². The molecule has 3 nitrogen and oxygen atoms in total. The van der Waals surface area contributed by atoms with Crippen LogP contribution in [0.5, 0.6) is 0 Å². The summed E-state index contributed by atoms with van der Waals surface area (Å²) in [6.45, 7) is 10.2. The van der Waals surface area contributed by atoms with E-state index >= 15 is 0 Å². The lowest BCUT2D eigenvalue weighted by atomic mass is 9.73. The second-order valence-corrected chi connectivity index (χ2v) is 6.68. The molecule has 0 aromatic heterocycles. The average Bonchev–Trinajstić information content (AvgIpc) is 2.82. The maximum atomic E-state index is 3.43. The fourth-order valence-corrected chi connectivity index (χ4v) is 4.15. The first-order valence-electron chi connectivity index (χ1n) is 8.02. The van der Waals surface area contributed by atoms with Crippen molar-refractivity contribution in [2.75, 3.05) is 52.4 Å². The number of hydrogen-bond acceptors (Lipinski definition) is 3. The SMILES string of the molecule is C1CCC2(CC1)CCN(CCN1CCNCC1)C2.Cl.Cl. The number of piperazine rings is 1. The van der Waals surface area contributed by atoms with Crippen molar-refractivity contribution in [2.45, 2.75) is 38.5 Å². The van der Waals surface area contributed by atoms with Crippen molar-refractivity contribution < 1.29 is 0 Å². The van der Waals surface area contributed by atoms with E-state index in [9.17, 15) is 0 Å². The van der Waals surface area contributed by atoms with E-state index in [0.717, 1.165) is 5.41 Å². The highest BCUT2D eigenvalue weighted by atomic mass is 35.5. The highest BCUT2D eigenvalue weighted by Gasteiger charge is 2.38. The lowest BCUT2D eigenvalue weighted by molar-refractivity contribution is 0.167. The van der Waals surface area contributed by atoms with Gasteiger partial charge in [0.1, 0.15) is 0 Å². The second kappa shape index (κ2) is 8.79. The van der Waals surface area contributed by atoms with Gasteiger partial charge in [0.2, 0.25) is 0 Å². The molecule has 1 aliphatic carbocycles. The van der Waals surface area contributed by atoms with Crippen LogP contribution in [0.3, 0.4) is 0 Å². The third kappa shape index (κ3) is 4.74. The van der Waals surface area contributed by atoms with E-state index in [1.807, 2.05) is 0 Å². The average molecular weight is 324 g/mol. The molecule has 120 valence electrons. The van der Waals surface area contributed by atoms with Gasteiger partial charge < -0.3 is 10.2 Å². The molecular formula is C15H31Cl2N3. The van der Waals surface area contributed by atoms with Gasteiger partial charge in [-0.2, -0.15) is 0 Å². The second-order valence-electron chi connectivity index (χ2n) is 6.68. The van der Waals surface area contributed by atoms with Crippen LogP contribution < -0.4 is 5.32 Å². The molecule has 20 heavy (non-hydrogen) atoms. The Morgan fingerprint density at radius 1 is 0.750 bits per heavy atom. The van der Waals surface area contributed by atoms with Crippen molar-refractivity contribution in [3.05, 3.63) is 0 Å². The fourth-order valence-electron chi connectivity index (χ4n) is 4.15. The van der Waals surface area contributed by atoms with Crippen LogP contribution >= 0.6 is 24.8 Å². The van der Waals surface area contributed by atoms with Crippen LogP contribution in [-0.2, 0) is 0 Å². The number of hydrogen-bond donors (Lipinski definition) is 1. The van der Waals surface area contributed by atoms with E-state index in [2.05, 4.69) is 15.1 Å². The normalized spacial score (nSPS) is 27.0. The summed E-state index contributed by atoms with van der Waals surface area (Å²) in [5, 5.41) is 3.43. The zero-order valence-corrected chi connectivity index (χ0v) is 14.2. The van der Waals surface area contributed by atoms with Gasteiger partial charge in [-0.25, -0.2) is 0 Å². The molecule has 1 N–H and O–H groups in total. The molecule has 2 saturated heterocycles. The van der Waals surface area contributed by atoms with Crippen LogP contribution in [-0.4, -0.2) is 62.2 Å². The van der Waals surface area contributed by atoms with Gasteiger partial charge in [-0.1, -0.05) is 19.3 Å². The first-order chi connectivity index (χ1) is 8.86. The largest absolute Gasteiger partial charge is 0.314 e.